The second kappa shape index (κ2) is 8.38. The van der Waals surface area contributed by atoms with Crippen LogP contribution in [0, 0.1) is 10.8 Å². The van der Waals surface area contributed by atoms with Gasteiger partial charge in [0.2, 0.25) is 0 Å². The highest BCUT2D eigenvalue weighted by molar-refractivity contribution is 6.02. The number of carbonyl (C=O) groups excluding carboxylic acids is 1. The van der Waals surface area contributed by atoms with Crippen molar-refractivity contribution in [2.24, 2.45) is 5.41 Å². The van der Waals surface area contributed by atoms with Gasteiger partial charge in [0.15, 0.2) is 0 Å². The minimum absolute atomic E-state index is 0.172. The molecule has 132 valence electrons. The average molecular weight is 334 g/mol. The molecule has 0 aromatic heterocycles. The number of carbonyl (C=O) groups is 1. The van der Waals surface area contributed by atoms with E-state index in [-0.39, 0.29) is 11.8 Å². The van der Waals surface area contributed by atoms with Crippen molar-refractivity contribution in [2.75, 3.05) is 21.3 Å². The lowest BCUT2D eigenvalue weighted by Gasteiger charge is -2.26. The molecule has 0 aliphatic rings. The normalized spacial score (nSPS) is 11.7. The molecule has 1 aromatic carbocycles. The van der Waals surface area contributed by atoms with Gasteiger partial charge in [-0.3, -0.25) is 10.2 Å². The third-order valence-corrected chi connectivity index (χ3v) is 3.88. The molecular weight excluding hydrogens is 308 g/mol. The molecule has 0 amide bonds. The topological polar surface area (TPSA) is 80.6 Å². The summed E-state index contributed by atoms with van der Waals surface area (Å²) in [5, 5.41) is 11.3. The Balaban J connectivity index is 2.90. The molecule has 0 bridgehead atoms. The monoisotopic (exact) mass is 334 g/mol. The van der Waals surface area contributed by atoms with Gasteiger partial charge in [-0.25, -0.2) is 0 Å². The minimum atomic E-state index is -0.905. The Morgan fingerprint density at radius 1 is 1.25 bits per heavy atom. The van der Waals surface area contributed by atoms with Crippen molar-refractivity contribution < 1.29 is 19.0 Å². The highest BCUT2D eigenvalue weighted by Crippen LogP contribution is 2.29. The van der Waals surface area contributed by atoms with Crippen molar-refractivity contribution in [3.63, 3.8) is 0 Å². The van der Waals surface area contributed by atoms with Crippen molar-refractivity contribution in [1.29, 1.82) is 5.41 Å². The lowest BCUT2D eigenvalue weighted by Crippen LogP contribution is -2.36. The van der Waals surface area contributed by atoms with Gasteiger partial charge in [-0.2, -0.15) is 0 Å². The second-order valence-corrected chi connectivity index (χ2v) is 5.73. The van der Waals surface area contributed by atoms with E-state index in [0.29, 0.717) is 23.6 Å². The largest absolute Gasteiger partial charge is 0.497 e. The molecule has 0 aliphatic heterocycles. The minimum Gasteiger partial charge on any atom is -0.497 e. The number of rotatable bonds is 7. The summed E-state index contributed by atoms with van der Waals surface area (Å²) < 4.78 is 15.4. The molecule has 1 rings (SSSR count). The number of methoxy groups -OCH3 is 3. The van der Waals surface area contributed by atoms with Gasteiger partial charge in [0.1, 0.15) is 17.3 Å². The Hall–Kier alpha value is -2.50. The fraction of sp³-hybridized carbons (Fsp3) is 0.444. The number of benzene rings is 1. The van der Waals surface area contributed by atoms with Crippen LogP contribution in [-0.4, -0.2) is 33.1 Å². The van der Waals surface area contributed by atoms with Gasteiger partial charge in [-0.1, -0.05) is 6.08 Å². The Kier molecular flexibility index (Phi) is 6.82. The molecule has 0 spiro atoms. The van der Waals surface area contributed by atoms with Crippen LogP contribution < -0.4 is 14.8 Å². The average Bonchev–Trinajstić information content (AvgIpc) is 2.59. The molecule has 6 nitrogen and oxygen atoms in total. The summed E-state index contributed by atoms with van der Waals surface area (Å²) in [6.45, 7) is 5.65. The van der Waals surface area contributed by atoms with Crippen LogP contribution in [0.1, 0.15) is 26.3 Å². The molecule has 2 N–H and O–H groups in total. The summed E-state index contributed by atoms with van der Waals surface area (Å²) in [4.78, 5) is 12.0. The first-order valence-corrected chi connectivity index (χ1v) is 7.60. The van der Waals surface area contributed by atoms with Crippen molar-refractivity contribution in [3.05, 3.63) is 35.4 Å². The first kappa shape index (κ1) is 19.5. The van der Waals surface area contributed by atoms with Crippen LogP contribution in [0.15, 0.2) is 29.8 Å². The van der Waals surface area contributed by atoms with Gasteiger partial charge < -0.3 is 19.5 Å². The van der Waals surface area contributed by atoms with Crippen molar-refractivity contribution in [2.45, 2.75) is 27.3 Å². The smallest absolute Gasteiger partial charge is 0.315 e. The molecule has 6 heteroatoms. The number of esters is 1. The van der Waals surface area contributed by atoms with Gasteiger partial charge in [0.25, 0.3) is 0 Å². The molecule has 0 atom stereocenters. The zero-order valence-corrected chi connectivity index (χ0v) is 15.1. The van der Waals surface area contributed by atoms with E-state index in [0.717, 1.165) is 5.56 Å². The fourth-order valence-electron chi connectivity index (χ4n) is 2.46. The van der Waals surface area contributed by atoms with Crippen LogP contribution in [-0.2, 0) is 16.1 Å². The number of hydrogen-bond donors (Lipinski definition) is 2. The van der Waals surface area contributed by atoms with Gasteiger partial charge in [0, 0.05) is 23.7 Å². The van der Waals surface area contributed by atoms with Gasteiger partial charge in [0.05, 0.1) is 26.7 Å². The van der Waals surface area contributed by atoms with Crippen LogP contribution in [0.5, 0.6) is 11.5 Å². The Morgan fingerprint density at radius 2 is 1.92 bits per heavy atom. The van der Waals surface area contributed by atoms with Crippen LogP contribution in [0.3, 0.4) is 0 Å². The highest BCUT2D eigenvalue weighted by atomic mass is 16.5. The quantitative estimate of drug-likeness (QED) is 0.455. The number of hydrogen-bond acceptors (Lipinski definition) is 5. The maximum atomic E-state index is 12.0. The van der Waals surface area contributed by atoms with Gasteiger partial charge in [-0.05, 0) is 32.9 Å². The summed E-state index contributed by atoms with van der Waals surface area (Å²) >= 11 is 0. The van der Waals surface area contributed by atoms with Crippen LogP contribution >= 0.6 is 0 Å². The maximum absolute atomic E-state index is 12.0. The summed E-state index contributed by atoms with van der Waals surface area (Å²) in [5.74, 6) is 1.16. The maximum Gasteiger partial charge on any atom is 0.315 e. The molecule has 0 unspecified atom stereocenters. The van der Waals surface area contributed by atoms with E-state index >= 15 is 0 Å². The van der Waals surface area contributed by atoms with Gasteiger partial charge in [-0.15, -0.1) is 0 Å². The molecule has 0 saturated carbocycles. The van der Waals surface area contributed by atoms with Crippen molar-refractivity contribution >= 4 is 11.8 Å². The third-order valence-electron chi connectivity index (χ3n) is 3.88. The van der Waals surface area contributed by atoms with E-state index in [1.165, 1.54) is 7.11 Å². The fourth-order valence-corrected chi connectivity index (χ4v) is 2.46. The lowest BCUT2D eigenvalue weighted by atomic mass is 9.83. The standard InChI is InChI=1S/C18H26N2O4/c1-7-14(18(2,3)17(21)24-6)16(19)20-11-12-8-9-13(22-4)10-15(12)23-5/h7-10H,11H2,1-6H3,(H2,19,20)/b14-7-. The molecule has 0 heterocycles. The zero-order chi connectivity index (χ0) is 18.3. The lowest BCUT2D eigenvalue weighted by molar-refractivity contribution is -0.148. The highest BCUT2D eigenvalue weighted by Gasteiger charge is 2.35. The molecule has 0 saturated heterocycles. The first-order valence-electron chi connectivity index (χ1n) is 7.60. The van der Waals surface area contributed by atoms with Crippen molar-refractivity contribution in [1.82, 2.24) is 5.32 Å². The van der Waals surface area contributed by atoms with E-state index in [1.807, 2.05) is 12.1 Å². The summed E-state index contributed by atoms with van der Waals surface area (Å²) in [6, 6.07) is 5.49. The SMILES string of the molecule is C/C=C(/C(=N)NCc1ccc(OC)cc1OC)C(C)(C)C(=O)OC. The molecule has 1 aromatic rings. The number of amidine groups is 1. The summed E-state index contributed by atoms with van der Waals surface area (Å²) in [6.07, 6.45) is 1.75. The third kappa shape index (κ3) is 4.28. The number of allylic oxidation sites excluding steroid dienone is 1. The van der Waals surface area contributed by atoms with E-state index in [1.54, 1.807) is 47.1 Å². The molecule has 0 radical (unpaired) electrons. The van der Waals surface area contributed by atoms with E-state index < -0.39 is 5.41 Å². The Morgan fingerprint density at radius 3 is 2.42 bits per heavy atom. The summed E-state index contributed by atoms with van der Waals surface area (Å²) in [5.41, 5.74) is 0.550. The Labute approximate surface area is 143 Å². The second-order valence-electron chi connectivity index (χ2n) is 5.73. The van der Waals surface area contributed by atoms with E-state index in [9.17, 15) is 4.79 Å². The van der Waals surface area contributed by atoms with Crippen LogP contribution in [0.4, 0.5) is 0 Å². The Bertz CT molecular complexity index is 636. The van der Waals surface area contributed by atoms with Crippen molar-refractivity contribution in [3.8, 4) is 11.5 Å². The van der Waals surface area contributed by atoms with Crippen LogP contribution in [0.25, 0.3) is 0 Å². The van der Waals surface area contributed by atoms with E-state index in [4.69, 9.17) is 19.6 Å². The first-order chi connectivity index (χ1) is 11.3. The van der Waals surface area contributed by atoms with E-state index in [2.05, 4.69) is 5.32 Å². The van der Waals surface area contributed by atoms with Crippen LogP contribution in [0.2, 0.25) is 0 Å². The molecule has 0 aliphatic carbocycles. The molecule has 0 fully saturated rings. The number of nitrogens with one attached hydrogen (secondary N) is 2. The molecule has 24 heavy (non-hydrogen) atoms. The summed E-state index contributed by atoms with van der Waals surface area (Å²) in [7, 11) is 4.52. The zero-order valence-electron chi connectivity index (χ0n) is 15.1. The predicted octanol–water partition coefficient (Wildman–Crippen LogP) is 2.92. The number of ether oxygens (including phenoxy) is 3. The van der Waals surface area contributed by atoms with Gasteiger partial charge >= 0.3 is 5.97 Å². The molecular formula is C18H26N2O4. The predicted molar refractivity (Wildman–Crippen MR) is 93.7 cm³/mol.